The number of anilines is 1. The Morgan fingerprint density at radius 3 is 2.41 bits per heavy atom. The number of benzene rings is 1. The molecule has 6 nitrogen and oxygen atoms in total. The molecule has 0 aliphatic carbocycles. The first kappa shape index (κ1) is 24.0. The van der Waals surface area contributed by atoms with Gasteiger partial charge in [-0.05, 0) is 32.9 Å². The highest BCUT2D eigenvalue weighted by molar-refractivity contribution is 14.0. The van der Waals surface area contributed by atoms with Crippen molar-refractivity contribution in [2.24, 2.45) is 4.99 Å². The monoisotopic (exact) mass is 489 g/mol. The number of guanidine groups is 1. The van der Waals surface area contributed by atoms with Crippen molar-refractivity contribution in [3.05, 3.63) is 30.3 Å². The molecule has 2 rings (SSSR count). The van der Waals surface area contributed by atoms with Crippen molar-refractivity contribution in [2.45, 2.75) is 32.9 Å². The van der Waals surface area contributed by atoms with Crippen LogP contribution >= 0.6 is 24.0 Å². The molecule has 0 saturated carbocycles. The zero-order chi connectivity index (χ0) is 18.8. The van der Waals surface area contributed by atoms with Crippen LogP contribution in [0.3, 0.4) is 0 Å². The van der Waals surface area contributed by atoms with Crippen LogP contribution in [0.2, 0.25) is 0 Å². The minimum atomic E-state index is 0. The van der Waals surface area contributed by atoms with Crippen LogP contribution in [0, 0.1) is 0 Å². The highest BCUT2D eigenvalue weighted by atomic mass is 127. The molecule has 0 bridgehead atoms. The lowest BCUT2D eigenvalue weighted by molar-refractivity contribution is 0.178. The predicted octanol–water partition coefficient (Wildman–Crippen LogP) is 2.41. The Morgan fingerprint density at radius 1 is 1.15 bits per heavy atom. The normalized spacial score (nSPS) is 17.8. The summed E-state index contributed by atoms with van der Waals surface area (Å²) in [5.74, 6) is 0.867. The number of para-hydroxylation sites is 1. The predicted molar refractivity (Wildman–Crippen MR) is 126 cm³/mol. The summed E-state index contributed by atoms with van der Waals surface area (Å²) < 4.78 is 5.19. The molecule has 1 saturated heterocycles. The summed E-state index contributed by atoms with van der Waals surface area (Å²) in [6.07, 6.45) is 0. The first-order valence-corrected chi connectivity index (χ1v) is 9.71. The van der Waals surface area contributed by atoms with Crippen molar-refractivity contribution >= 4 is 35.6 Å². The van der Waals surface area contributed by atoms with Gasteiger partial charge >= 0.3 is 0 Å². The van der Waals surface area contributed by atoms with Gasteiger partial charge in [-0.3, -0.25) is 9.89 Å². The van der Waals surface area contributed by atoms with Gasteiger partial charge in [0.1, 0.15) is 0 Å². The lowest BCUT2D eigenvalue weighted by atomic mass is 10.2. The van der Waals surface area contributed by atoms with E-state index >= 15 is 0 Å². The number of piperazine rings is 1. The van der Waals surface area contributed by atoms with Gasteiger partial charge in [0, 0.05) is 57.6 Å². The van der Waals surface area contributed by atoms with E-state index in [1.165, 1.54) is 5.69 Å². The third-order valence-electron chi connectivity index (χ3n) is 4.72. The van der Waals surface area contributed by atoms with E-state index in [1.807, 2.05) is 0 Å². The van der Waals surface area contributed by atoms with Gasteiger partial charge in [-0.25, -0.2) is 0 Å². The van der Waals surface area contributed by atoms with Gasteiger partial charge in [0.2, 0.25) is 0 Å². The number of aliphatic imine (C=N–C) groups is 1. The maximum Gasteiger partial charge on any atom is 0.191 e. The topological polar surface area (TPSA) is 52.1 Å². The van der Waals surface area contributed by atoms with Crippen LogP contribution in [-0.2, 0) is 4.74 Å². The molecule has 27 heavy (non-hydrogen) atoms. The highest BCUT2D eigenvalue weighted by Gasteiger charge is 2.21. The highest BCUT2D eigenvalue weighted by Crippen LogP contribution is 2.16. The molecule has 154 valence electrons. The summed E-state index contributed by atoms with van der Waals surface area (Å²) in [5, 5.41) is 6.71. The summed E-state index contributed by atoms with van der Waals surface area (Å²) in [5.41, 5.74) is 1.32. The molecule has 1 fully saturated rings. The molecular weight excluding hydrogens is 453 g/mol. The molecule has 1 aromatic rings. The second kappa shape index (κ2) is 13.2. The second-order valence-electron chi connectivity index (χ2n) is 6.93. The smallest absolute Gasteiger partial charge is 0.191 e. The average Bonchev–Trinajstić information content (AvgIpc) is 2.67. The van der Waals surface area contributed by atoms with Crippen molar-refractivity contribution in [2.75, 3.05) is 57.9 Å². The molecule has 1 aliphatic heterocycles. The van der Waals surface area contributed by atoms with Crippen molar-refractivity contribution in [1.82, 2.24) is 15.5 Å². The van der Waals surface area contributed by atoms with Gasteiger partial charge in [0.15, 0.2) is 5.96 Å². The first-order valence-electron chi connectivity index (χ1n) is 9.71. The fourth-order valence-corrected chi connectivity index (χ4v) is 3.24. The number of rotatable bonds is 8. The maximum absolute atomic E-state index is 5.19. The number of nitrogens with zero attached hydrogens (tertiary/aromatic N) is 3. The molecule has 1 aliphatic rings. The molecule has 0 radical (unpaired) electrons. The summed E-state index contributed by atoms with van der Waals surface area (Å²) >= 11 is 0. The second-order valence-corrected chi connectivity index (χ2v) is 6.93. The molecular formula is C20H36IN5O. The quantitative estimate of drug-likeness (QED) is 0.334. The molecule has 2 N–H and O–H groups in total. The number of nitrogens with one attached hydrogen (secondary N) is 2. The van der Waals surface area contributed by atoms with Crippen LogP contribution in [0.25, 0.3) is 0 Å². The van der Waals surface area contributed by atoms with Crippen molar-refractivity contribution < 1.29 is 4.74 Å². The Balaban J connectivity index is 0.00000364. The van der Waals surface area contributed by atoms with E-state index < -0.39 is 0 Å². The number of halogens is 1. The number of hydrogen-bond acceptors (Lipinski definition) is 4. The SMILES string of the molecule is CCNC(=NCC(C)N1CCN(c2ccccc2)CC1)NC(C)COC.I. The first-order chi connectivity index (χ1) is 12.6. The van der Waals surface area contributed by atoms with Gasteiger partial charge in [0.05, 0.1) is 13.2 Å². The third kappa shape index (κ3) is 8.23. The number of ether oxygens (including phenoxy) is 1. The van der Waals surface area contributed by atoms with Crippen LogP contribution in [0.15, 0.2) is 35.3 Å². The lowest BCUT2D eigenvalue weighted by Crippen LogP contribution is -2.51. The fraction of sp³-hybridized carbons (Fsp3) is 0.650. The van der Waals surface area contributed by atoms with Crippen LogP contribution in [0.4, 0.5) is 5.69 Å². The van der Waals surface area contributed by atoms with E-state index in [2.05, 4.69) is 71.5 Å². The van der Waals surface area contributed by atoms with Gasteiger partial charge < -0.3 is 20.3 Å². The zero-order valence-corrected chi connectivity index (χ0v) is 19.5. The molecule has 2 unspecified atom stereocenters. The molecule has 0 aromatic heterocycles. The fourth-order valence-electron chi connectivity index (χ4n) is 3.24. The molecule has 7 heteroatoms. The largest absolute Gasteiger partial charge is 0.383 e. The Labute approximate surface area is 181 Å². The van der Waals surface area contributed by atoms with Crippen molar-refractivity contribution in [3.8, 4) is 0 Å². The summed E-state index contributed by atoms with van der Waals surface area (Å²) in [4.78, 5) is 9.77. The zero-order valence-electron chi connectivity index (χ0n) is 17.1. The van der Waals surface area contributed by atoms with E-state index in [-0.39, 0.29) is 30.0 Å². The Bertz CT molecular complexity index is 534. The lowest BCUT2D eigenvalue weighted by Gasteiger charge is -2.38. The third-order valence-corrected chi connectivity index (χ3v) is 4.72. The summed E-state index contributed by atoms with van der Waals surface area (Å²) in [6.45, 7) is 13.1. The Hall–Kier alpha value is -1.06. The van der Waals surface area contributed by atoms with Crippen LogP contribution < -0.4 is 15.5 Å². The number of hydrogen-bond donors (Lipinski definition) is 2. The van der Waals surface area contributed by atoms with Crippen molar-refractivity contribution in [3.63, 3.8) is 0 Å². The Kier molecular flexibility index (Phi) is 11.7. The minimum absolute atomic E-state index is 0. The van der Waals surface area contributed by atoms with Gasteiger partial charge in [-0.1, -0.05) is 18.2 Å². The van der Waals surface area contributed by atoms with Crippen LogP contribution in [0.5, 0.6) is 0 Å². The molecule has 2 atom stereocenters. The summed E-state index contributed by atoms with van der Waals surface area (Å²) in [7, 11) is 1.72. The Morgan fingerprint density at radius 2 is 1.81 bits per heavy atom. The van der Waals surface area contributed by atoms with E-state index in [4.69, 9.17) is 9.73 Å². The van der Waals surface area contributed by atoms with E-state index in [0.717, 1.165) is 45.2 Å². The summed E-state index contributed by atoms with van der Waals surface area (Å²) in [6, 6.07) is 11.3. The van der Waals surface area contributed by atoms with Crippen LogP contribution in [-0.4, -0.2) is 75.9 Å². The number of methoxy groups -OCH3 is 1. The van der Waals surface area contributed by atoms with E-state index in [9.17, 15) is 0 Å². The van der Waals surface area contributed by atoms with Gasteiger partial charge in [-0.2, -0.15) is 0 Å². The molecule has 1 aromatic carbocycles. The maximum atomic E-state index is 5.19. The van der Waals surface area contributed by atoms with E-state index in [0.29, 0.717) is 12.6 Å². The molecule has 1 heterocycles. The molecule has 0 amide bonds. The minimum Gasteiger partial charge on any atom is -0.383 e. The molecule has 0 spiro atoms. The standard InChI is InChI=1S/C20H35N5O.HI/c1-5-21-20(23-17(2)16-26-4)22-15-18(3)24-11-13-25(14-12-24)19-9-7-6-8-10-19;/h6-10,17-18H,5,11-16H2,1-4H3,(H2,21,22,23);1H. The van der Waals surface area contributed by atoms with Gasteiger partial charge in [0.25, 0.3) is 0 Å². The van der Waals surface area contributed by atoms with Gasteiger partial charge in [-0.15, -0.1) is 24.0 Å². The van der Waals surface area contributed by atoms with Crippen LogP contribution in [0.1, 0.15) is 20.8 Å². The van der Waals surface area contributed by atoms with E-state index in [1.54, 1.807) is 7.11 Å². The average molecular weight is 489 g/mol. The van der Waals surface area contributed by atoms with Crippen molar-refractivity contribution in [1.29, 1.82) is 0 Å².